The first-order valence-electron chi connectivity index (χ1n) is 7.27. The second kappa shape index (κ2) is 6.91. The summed E-state index contributed by atoms with van der Waals surface area (Å²) in [6, 6.07) is 0. The molecule has 1 aliphatic heterocycles. The third-order valence-corrected chi connectivity index (χ3v) is 3.86. The Morgan fingerprint density at radius 1 is 1.58 bits per heavy atom. The smallest absolute Gasteiger partial charge is 0.0771 e. The molecule has 0 aliphatic carbocycles. The summed E-state index contributed by atoms with van der Waals surface area (Å²) in [5.41, 5.74) is 6.84. The van der Waals surface area contributed by atoms with E-state index in [9.17, 15) is 0 Å². The minimum absolute atomic E-state index is 0.334. The van der Waals surface area contributed by atoms with Gasteiger partial charge in [0.1, 0.15) is 0 Å². The fourth-order valence-corrected chi connectivity index (χ4v) is 2.39. The molecule has 3 N–H and O–H groups in total. The van der Waals surface area contributed by atoms with Crippen LogP contribution in [-0.4, -0.2) is 35.6 Å². The zero-order chi connectivity index (χ0) is 13.7. The van der Waals surface area contributed by atoms with Gasteiger partial charge in [0.15, 0.2) is 0 Å². The maximum Gasteiger partial charge on any atom is 0.0771 e. The average molecular weight is 266 g/mol. The molecule has 19 heavy (non-hydrogen) atoms. The van der Waals surface area contributed by atoms with Gasteiger partial charge in [0.05, 0.1) is 24.5 Å². The lowest BCUT2D eigenvalue weighted by atomic mass is 9.96. The number of anilines is 1. The van der Waals surface area contributed by atoms with Gasteiger partial charge in [-0.15, -0.1) is 0 Å². The molecular weight excluding hydrogens is 240 g/mol. The van der Waals surface area contributed by atoms with E-state index in [2.05, 4.69) is 30.5 Å². The summed E-state index contributed by atoms with van der Waals surface area (Å²) in [7, 11) is 0. The van der Waals surface area contributed by atoms with Gasteiger partial charge < -0.3 is 15.8 Å². The second-order valence-electron chi connectivity index (χ2n) is 5.71. The third-order valence-electron chi connectivity index (χ3n) is 3.86. The van der Waals surface area contributed by atoms with E-state index in [1.807, 2.05) is 10.9 Å². The molecule has 1 fully saturated rings. The van der Waals surface area contributed by atoms with Crippen LogP contribution in [0.4, 0.5) is 5.69 Å². The summed E-state index contributed by atoms with van der Waals surface area (Å²) in [4.78, 5) is 0. The number of nitrogens with one attached hydrogen (secondary N) is 1. The third kappa shape index (κ3) is 4.21. The molecule has 5 heteroatoms. The lowest BCUT2D eigenvalue weighted by molar-refractivity contribution is 0.0940. The van der Waals surface area contributed by atoms with Gasteiger partial charge in [-0.3, -0.25) is 4.68 Å². The Balaban J connectivity index is 1.79. The molecule has 1 aromatic heterocycles. The minimum atomic E-state index is 0.334. The monoisotopic (exact) mass is 266 g/mol. The zero-order valence-electron chi connectivity index (χ0n) is 12.0. The first-order chi connectivity index (χ1) is 9.19. The molecule has 0 radical (unpaired) electrons. The zero-order valence-corrected chi connectivity index (χ0v) is 12.0. The van der Waals surface area contributed by atoms with Crippen LogP contribution in [-0.2, 0) is 11.3 Å². The fourth-order valence-electron chi connectivity index (χ4n) is 2.39. The van der Waals surface area contributed by atoms with Gasteiger partial charge in [-0.1, -0.05) is 13.8 Å². The van der Waals surface area contributed by atoms with Crippen LogP contribution in [0.2, 0.25) is 0 Å². The molecule has 0 spiro atoms. The van der Waals surface area contributed by atoms with E-state index in [0.717, 1.165) is 31.8 Å². The fraction of sp³-hybridized carbons (Fsp3) is 0.786. The Hall–Kier alpha value is -1.07. The van der Waals surface area contributed by atoms with E-state index in [-0.39, 0.29) is 0 Å². The molecule has 108 valence electrons. The Kier molecular flexibility index (Phi) is 5.22. The van der Waals surface area contributed by atoms with Crippen LogP contribution in [0.5, 0.6) is 0 Å². The van der Waals surface area contributed by atoms with Crippen LogP contribution in [0.3, 0.4) is 0 Å². The highest BCUT2D eigenvalue weighted by Crippen LogP contribution is 2.16. The van der Waals surface area contributed by atoms with Crippen molar-refractivity contribution in [2.24, 2.45) is 17.6 Å². The van der Waals surface area contributed by atoms with E-state index in [4.69, 9.17) is 10.5 Å². The van der Waals surface area contributed by atoms with Crippen molar-refractivity contribution in [1.82, 2.24) is 9.78 Å². The number of hydrogen-bond acceptors (Lipinski definition) is 4. The van der Waals surface area contributed by atoms with E-state index >= 15 is 0 Å². The van der Waals surface area contributed by atoms with Crippen molar-refractivity contribution in [3.8, 4) is 0 Å². The molecule has 2 rings (SSSR count). The molecule has 2 heterocycles. The van der Waals surface area contributed by atoms with Crippen LogP contribution < -0.4 is 11.1 Å². The van der Waals surface area contributed by atoms with Crippen molar-refractivity contribution in [2.45, 2.75) is 39.3 Å². The quantitative estimate of drug-likeness (QED) is 0.788. The van der Waals surface area contributed by atoms with E-state index in [0.29, 0.717) is 24.5 Å². The van der Waals surface area contributed by atoms with Crippen molar-refractivity contribution in [3.05, 3.63) is 12.4 Å². The highest BCUT2D eigenvalue weighted by Gasteiger charge is 2.16. The van der Waals surface area contributed by atoms with Gasteiger partial charge in [0.25, 0.3) is 0 Å². The molecule has 5 nitrogen and oxygen atoms in total. The van der Waals surface area contributed by atoms with Crippen molar-refractivity contribution < 1.29 is 4.74 Å². The molecule has 1 saturated heterocycles. The highest BCUT2D eigenvalue weighted by molar-refractivity contribution is 5.38. The SMILES string of the molecule is CC(C)C(CN)CNc1cnn(CC2CCCO2)c1. The topological polar surface area (TPSA) is 65.1 Å². The van der Waals surface area contributed by atoms with Crippen LogP contribution in [0, 0.1) is 11.8 Å². The van der Waals surface area contributed by atoms with Crippen molar-refractivity contribution >= 4 is 5.69 Å². The lowest BCUT2D eigenvalue weighted by Gasteiger charge is -2.19. The summed E-state index contributed by atoms with van der Waals surface area (Å²) in [6.45, 7) is 7.78. The maximum absolute atomic E-state index is 5.77. The molecule has 0 bridgehead atoms. The molecule has 2 atom stereocenters. The Morgan fingerprint density at radius 3 is 3.05 bits per heavy atom. The molecule has 2 unspecified atom stereocenters. The summed E-state index contributed by atoms with van der Waals surface area (Å²) in [5, 5.41) is 7.79. The van der Waals surface area contributed by atoms with Gasteiger partial charge in [-0.2, -0.15) is 5.10 Å². The Bertz CT molecular complexity index is 371. The normalized spacial score (nSPS) is 20.9. The Labute approximate surface area is 115 Å². The van der Waals surface area contributed by atoms with E-state index < -0.39 is 0 Å². The molecule has 0 saturated carbocycles. The molecule has 1 aliphatic rings. The minimum Gasteiger partial charge on any atom is -0.382 e. The van der Waals surface area contributed by atoms with Gasteiger partial charge in [0.2, 0.25) is 0 Å². The predicted molar refractivity (Wildman–Crippen MR) is 77.1 cm³/mol. The van der Waals surface area contributed by atoms with Gasteiger partial charge in [-0.05, 0) is 31.2 Å². The summed E-state index contributed by atoms with van der Waals surface area (Å²) >= 11 is 0. The standard InChI is InChI=1S/C14H26N4O/c1-11(2)12(6-15)7-16-13-8-17-18(9-13)10-14-4-3-5-19-14/h8-9,11-12,14,16H,3-7,10,15H2,1-2H3. The van der Waals surface area contributed by atoms with Gasteiger partial charge in [0, 0.05) is 19.3 Å². The summed E-state index contributed by atoms with van der Waals surface area (Å²) < 4.78 is 7.58. The van der Waals surface area contributed by atoms with Gasteiger partial charge in [-0.25, -0.2) is 0 Å². The number of aromatic nitrogens is 2. The molecule has 0 aromatic carbocycles. The first-order valence-corrected chi connectivity index (χ1v) is 7.27. The predicted octanol–water partition coefficient (Wildman–Crippen LogP) is 1.70. The van der Waals surface area contributed by atoms with E-state index in [1.54, 1.807) is 0 Å². The van der Waals surface area contributed by atoms with Crippen LogP contribution in [0.15, 0.2) is 12.4 Å². The number of ether oxygens (including phenoxy) is 1. The molecule has 0 amide bonds. The molecular formula is C14H26N4O. The average Bonchev–Trinajstić information content (AvgIpc) is 3.02. The van der Waals surface area contributed by atoms with Crippen molar-refractivity contribution in [3.63, 3.8) is 0 Å². The van der Waals surface area contributed by atoms with Crippen LogP contribution in [0.1, 0.15) is 26.7 Å². The highest BCUT2D eigenvalue weighted by atomic mass is 16.5. The number of rotatable bonds is 7. The van der Waals surface area contributed by atoms with Crippen LogP contribution in [0.25, 0.3) is 0 Å². The van der Waals surface area contributed by atoms with Crippen LogP contribution >= 0.6 is 0 Å². The summed E-state index contributed by atoms with van der Waals surface area (Å²) in [6.07, 6.45) is 6.58. The van der Waals surface area contributed by atoms with Crippen molar-refractivity contribution in [1.29, 1.82) is 0 Å². The number of nitrogens with two attached hydrogens (primary N) is 1. The van der Waals surface area contributed by atoms with Gasteiger partial charge >= 0.3 is 0 Å². The second-order valence-corrected chi connectivity index (χ2v) is 5.71. The maximum atomic E-state index is 5.77. The summed E-state index contributed by atoms with van der Waals surface area (Å²) in [5.74, 6) is 1.10. The molecule has 1 aromatic rings. The largest absolute Gasteiger partial charge is 0.382 e. The number of hydrogen-bond donors (Lipinski definition) is 2. The lowest BCUT2D eigenvalue weighted by Crippen LogP contribution is -2.27. The number of nitrogens with zero attached hydrogens (tertiary/aromatic N) is 2. The van der Waals surface area contributed by atoms with Crippen molar-refractivity contribution in [2.75, 3.05) is 25.0 Å². The first kappa shape index (κ1) is 14.3. The van der Waals surface area contributed by atoms with E-state index in [1.165, 1.54) is 6.42 Å². The Morgan fingerprint density at radius 2 is 2.42 bits per heavy atom.